The van der Waals surface area contributed by atoms with Crippen LogP contribution in [0.2, 0.25) is 0 Å². The summed E-state index contributed by atoms with van der Waals surface area (Å²) in [6, 6.07) is 0.737. The summed E-state index contributed by atoms with van der Waals surface area (Å²) < 4.78 is 5.28. The third-order valence-corrected chi connectivity index (χ3v) is 3.33. The Morgan fingerprint density at radius 2 is 2.05 bits per heavy atom. The number of aliphatic carboxylic acids is 1. The van der Waals surface area contributed by atoms with Crippen LogP contribution in [0.15, 0.2) is 10.5 Å². The maximum atomic E-state index is 11.9. The van der Waals surface area contributed by atoms with Gasteiger partial charge in [0.1, 0.15) is 11.8 Å². The van der Waals surface area contributed by atoms with Gasteiger partial charge >= 0.3 is 5.97 Å². The number of carboxylic acids is 1. The van der Waals surface area contributed by atoms with Crippen LogP contribution in [-0.4, -0.2) is 23.0 Å². The lowest BCUT2D eigenvalue weighted by Gasteiger charge is -2.17. The first-order valence-corrected chi connectivity index (χ1v) is 6.45. The van der Waals surface area contributed by atoms with Crippen LogP contribution in [0.3, 0.4) is 0 Å². The second kappa shape index (κ2) is 6.41. The van der Waals surface area contributed by atoms with E-state index in [0.29, 0.717) is 12.2 Å². The number of furan rings is 1. The monoisotopic (exact) mass is 267 g/mol. The van der Waals surface area contributed by atoms with E-state index in [-0.39, 0.29) is 11.7 Å². The number of nitrogens with one attached hydrogen (secondary N) is 1. The average molecular weight is 267 g/mol. The van der Waals surface area contributed by atoms with E-state index >= 15 is 0 Å². The smallest absolute Gasteiger partial charge is 0.326 e. The highest BCUT2D eigenvalue weighted by molar-refractivity contribution is 5.94. The minimum absolute atomic E-state index is 0.158. The minimum atomic E-state index is -1.02. The summed E-state index contributed by atoms with van der Waals surface area (Å²) >= 11 is 0. The van der Waals surface area contributed by atoms with Gasteiger partial charge in [0.2, 0.25) is 0 Å². The molecule has 5 heteroatoms. The third-order valence-electron chi connectivity index (χ3n) is 3.33. The fraction of sp³-hybridized carbons (Fsp3) is 0.571. The lowest BCUT2D eigenvalue weighted by Crippen LogP contribution is -2.41. The molecule has 1 heterocycles. The van der Waals surface area contributed by atoms with Crippen molar-refractivity contribution >= 4 is 11.9 Å². The molecular weight excluding hydrogens is 246 g/mol. The summed E-state index contributed by atoms with van der Waals surface area (Å²) in [6.45, 7) is 7.55. The predicted molar refractivity (Wildman–Crippen MR) is 71.1 cm³/mol. The van der Waals surface area contributed by atoms with E-state index in [2.05, 4.69) is 5.32 Å². The Kier molecular flexibility index (Phi) is 5.15. The summed E-state index contributed by atoms with van der Waals surface area (Å²) in [4.78, 5) is 23.1. The van der Waals surface area contributed by atoms with Crippen LogP contribution in [-0.2, 0) is 4.79 Å². The molecule has 1 amide bonds. The standard InChI is InChI=1S/C14H21NO4/c1-5-8(2)6-11(14(17)18)15-13(16)12-7-9(3)10(4)19-12/h7-8,11H,5-6H2,1-4H3,(H,15,16)(H,17,18). The van der Waals surface area contributed by atoms with Crippen LogP contribution in [0.25, 0.3) is 0 Å². The summed E-state index contributed by atoms with van der Waals surface area (Å²) in [7, 11) is 0. The maximum Gasteiger partial charge on any atom is 0.326 e. The van der Waals surface area contributed by atoms with Crippen LogP contribution in [0.4, 0.5) is 0 Å². The fourth-order valence-corrected chi connectivity index (χ4v) is 1.70. The van der Waals surface area contributed by atoms with Gasteiger partial charge in [-0.15, -0.1) is 0 Å². The predicted octanol–water partition coefficient (Wildman–Crippen LogP) is 2.52. The van der Waals surface area contributed by atoms with E-state index in [1.807, 2.05) is 20.8 Å². The molecule has 0 saturated carbocycles. The molecule has 2 N–H and O–H groups in total. The van der Waals surface area contributed by atoms with Crippen LogP contribution in [0.1, 0.15) is 48.6 Å². The van der Waals surface area contributed by atoms with Gasteiger partial charge in [0.05, 0.1) is 0 Å². The molecule has 2 unspecified atom stereocenters. The first-order valence-electron chi connectivity index (χ1n) is 6.45. The van der Waals surface area contributed by atoms with E-state index in [1.165, 1.54) is 0 Å². The molecule has 106 valence electrons. The number of aryl methyl sites for hydroxylation is 2. The van der Waals surface area contributed by atoms with Crippen molar-refractivity contribution in [1.82, 2.24) is 5.32 Å². The molecule has 1 aromatic rings. The number of carbonyl (C=O) groups excluding carboxylic acids is 1. The van der Waals surface area contributed by atoms with E-state index < -0.39 is 17.9 Å². The number of rotatable bonds is 6. The molecular formula is C14H21NO4. The topological polar surface area (TPSA) is 79.5 Å². The zero-order valence-corrected chi connectivity index (χ0v) is 11.8. The Morgan fingerprint density at radius 1 is 1.42 bits per heavy atom. The number of hydrogen-bond donors (Lipinski definition) is 2. The first-order chi connectivity index (χ1) is 8.85. The Balaban J connectivity index is 2.73. The van der Waals surface area contributed by atoms with Crippen molar-refractivity contribution in [2.45, 2.75) is 46.6 Å². The second-order valence-electron chi connectivity index (χ2n) is 4.96. The molecule has 5 nitrogen and oxygen atoms in total. The number of amides is 1. The van der Waals surface area contributed by atoms with Gasteiger partial charge in [-0.3, -0.25) is 4.79 Å². The number of hydrogen-bond acceptors (Lipinski definition) is 3. The van der Waals surface area contributed by atoms with Crippen molar-refractivity contribution in [3.8, 4) is 0 Å². The van der Waals surface area contributed by atoms with E-state index in [4.69, 9.17) is 9.52 Å². The molecule has 0 aromatic carbocycles. The van der Waals surface area contributed by atoms with Gasteiger partial charge in [-0.1, -0.05) is 20.3 Å². The third kappa shape index (κ3) is 4.12. The summed E-state index contributed by atoms with van der Waals surface area (Å²) in [6.07, 6.45) is 1.29. The van der Waals surface area contributed by atoms with Gasteiger partial charge in [0.15, 0.2) is 5.76 Å². The molecule has 0 aliphatic rings. The van der Waals surface area contributed by atoms with Gasteiger partial charge in [-0.2, -0.15) is 0 Å². The van der Waals surface area contributed by atoms with Crippen molar-refractivity contribution in [3.05, 3.63) is 23.2 Å². The fourth-order valence-electron chi connectivity index (χ4n) is 1.70. The summed E-state index contributed by atoms with van der Waals surface area (Å²) in [5, 5.41) is 11.6. The zero-order chi connectivity index (χ0) is 14.6. The molecule has 0 fully saturated rings. The molecule has 0 spiro atoms. The van der Waals surface area contributed by atoms with Gasteiger partial charge in [0, 0.05) is 0 Å². The Labute approximate surface area is 113 Å². The molecule has 2 atom stereocenters. The molecule has 0 bridgehead atoms. The van der Waals surface area contributed by atoms with Gasteiger partial charge < -0.3 is 14.8 Å². The van der Waals surface area contributed by atoms with Gasteiger partial charge in [0.25, 0.3) is 5.91 Å². The Bertz CT molecular complexity index is 445. The molecule has 0 aliphatic heterocycles. The number of carboxylic acid groups (broad SMARTS) is 1. The van der Waals surface area contributed by atoms with Crippen molar-refractivity contribution in [3.63, 3.8) is 0 Å². The number of carbonyl (C=O) groups is 2. The van der Waals surface area contributed by atoms with Gasteiger partial charge in [-0.25, -0.2) is 4.79 Å². The van der Waals surface area contributed by atoms with Crippen LogP contribution < -0.4 is 5.32 Å². The highest BCUT2D eigenvalue weighted by Gasteiger charge is 2.24. The lowest BCUT2D eigenvalue weighted by molar-refractivity contribution is -0.139. The molecule has 0 saturated heterocycles. The minimum Gasteiger partial charge on any atom is -0.480 e. The quantitative estimate of drug-likeness (QED) is 0.830. The normalized spacial score (nSPS) is 13.9. The molecule has 19 heavy (non-hydrogen) atoms. The lowest BCUT2D eigenvalue weighted by atomic mass is 9.99. The summed E-state index contributed by atoms with van der Waals surface area (Å²) in [5.74, 6) is -0.439. The maximum absolute atomic E-state index is 11.9. The van der Waals surface area contributed by atoms with E-state index in [9.17, 15) is 9.59 Å². The summed E-state index contributed by atoms with van der Waals surface area (Å²) in [5.41, 5.74) is 0.874. The van der Waals surface area contributed by atoms with Crippen LogP contribution in [0.5, 0.6) is 0 Å². The van der Waals surface area contributed by atoms with E-state index in [1.54, 1.807) is 13.0 Å². The molecule has 0 aliphatic carbocycles. The molecule has 1 aromatic heterocycles. The average Bonchev–Trinajstić information content (AvgIpc) is 2.68. The van der Waals surface area contributed by atoms with Crippen molar-refractivity contribution < 1.29 is 19.1 Å². The van der Waals surface area contributed by atoms with Crippen molar-refractivity contribution in [2.24, 2.45) is 5.92 Å². The van der Waals surface area contributed by atoms with Crippen LogP contribution in [0, 0.1) is 19.8 Å². The Hall–Kier alpha value is -1.78. The highest BCUT2D eigenvalue weighted by atomic mass is 16.4. The van der Waals surface area contributed by atoms with Crippen LogP contribution >= 0.6 is 0 Å². The van der Waals surface area contributed by atoms with Gasteiger partial charge in [-0.05, 0) is 37.8 Å². The SMILES string of the molecule is CCC(C)CC(NC(=O)c1cc(C)c(C)o1)C(=O)O. The highest BCUT2D eigenvalue weighted by Crippen LogP contribution is 2.14. The largest absolute Gasteiger partial charge is 0.480 e. The second-order valence-corrected chi connectivity index (χ2v) is 4.96. The van der Waals surface area contributed by atoms with Crippen molar-refractivity contribution in [1.29, 1.82) is 0 Å². The van der Waals surface area contributed by atoms with Crippen molar-refractivity contribution in [2.75, 3.05) is 0 Å². The zero-order valence-electron chi connectivity index (χ0n) is 11.8. The molecule has 1 rings (SSSR count). The molecule has 0 radical (unpaired) electrons. The Morgan fingerprint density at radius 3 is 2.47 bits per heavy atom. The van der Waals surface area contributed by atoms with E-state index in [0.717, 1.165) is 12.0 Å². The first kappa shape index (κ1) is 15.3.